The predicted octanol–water partition coefficient (Wildman–Crippen LogP) is 6.51. The topological polar surface area (TPSA) is 0 Å². The first-order chi connectivity index (χ1) is 10.2. The van der Waals surface area contributed by atoms with Crippen LogP contribution in [0.3, 0.4) is 0 Å². The lowest BCUT2D eigenvalue weighted by atomic mass is 9.98. The lowest BCUT2D eigenvalue weighted by Gasteiger charge is -2.14. The van der Waals surface area contributed by atoms with Gasteiger partial charge in [0.25, 0.3) is 0 Å². The van der Waals surface area contributed by atoms with Gasteiger partial charge in [0.2, 0.25) is 0 Å². The first kappa shape index (κ1) is 14.8. The molecule has 0 N–H and O–H groups in total. The van der Waals surface area contributed by atoms with E-state index < -0.39 is 0 Å². The van der Waals surface area contributed by atoms with Crippen LogP contribution in [0.15, 0.2) is 48.5 Å². The summed E-state index contributed by atoms with van der Waals surface area (Å²) < 4.78 is 1.36. The van der Waals surface area contributed by atoms with Crippen molar-refractivity contribution in [2.24, 2.45) is 0 Å². The van der Waals surface area contributed by atoms with Crippen molar-refractivity contribution in [3.8, 4) is 0 Å². The van der Waals surface area contributed by atoms with Gasteiger partial charge in [-0.1, -0.05) is 66.2 Å². The Labute approximate surface area is 139 Å². The maximum Gasteiger partial charge on any atom is 0.0741 e. The van der Waals surface area contributed by atoms with Crippen molar-refractivity contribution >= 4 is 37.4 Å². The average Bonchev–Trinajstić information content (AvgIpc) is 2.97. The summed E-state index contributed by atoms with van der Waals surface area (Å²) in [5.41, 5.74) is 4.27. The van der Waals surface area contributed by atoms with Crippen LogP contribution >= 0.6 is 27.3 Å². The van der Waals surface area contributed by atoms with E-state index in [4.69, 9.17) is 0 Å². The number of fused-ring (bicyclic) bond motifs is 1. The average molecular weight is 359 g/mol. The van der Waals surface area contributed by atoms with Crippen molar-refractivity contribution in [3.05, 3.63) is 70.1 Å². The van der Waals surface area contributed by atoms with Crippen LogP contribution in [0.1, 0.15) is 40.2 Å². The molecule has 3 aromatic rings. The summed E-state index contributed by atoms with van der Waals surface area (Å²) in [4.78, 5) is 1.68. The Balaban J connectivity index is 2.06. The van der Waals surface area contributed by atoms with Gasteiger partial charge in [-0.3, -0.25) is 0 Å². The van der Waals surface area contributed by atoms with Gasteiger partial charge in [0, 0.05) is 9.58 Å². The minimum absolute atomic E-state index is 0.288. The number of alkyl halides is 1. The molecule has 0 aliphatic carbocycles. The van der Waals surface area contributed by atoms with E-state index in [0.717, 1.165) is 12.8 Å². The van der Waals surface area contributed by atoms with E-state index in [-0.39, 0.29) is 4.83 Å². The van der Waals surface area contributed by atoms with E-state index >= 15 is 0 Å². The molecular formula is C19H19BrS. The SMILES string of the molecule is CCc1ccc(CC)c(C(Br)c2cc3ccccc3s2)c1. The zero-order valence-electron chi connectivity index (χ0n) is 12.4. The monoisotopic (exact) mass is 358 g/mol. The Morgan fingerprint density at radius 1 is 1.00 bits per heavy atom. The standard InChI is InChI=1S/C19H19BrS/c1-3-13-9-10-14(4-2)16(11-13)19(20)18-12-15-7-5-6-8-17(15)21-18/h5-12,19H,3-4H2,1-2H3. The third-order valence-corrected chi connectivity index (χ3v) is 6.44. The molecule has 3 rings (SSSR count). The van der Waals surface area contributed by atoms with Gasteiger partial charge in [-0.2, -0.15) is 0 Å². The minimum atomic E-state index is 0.288. The van der Waals surface area contributed by atoms with Gasteiger partial charge in [-0.05, 0) is 47.1 Å². The highest BCUT2D eigenvalue weighted by atomic mass is 79.9. The second kappa shape index (κ2) is 6.33. The molecule has 0 radical (unpaired) electrons. The zero-order chi connectivity index (χ0) is 14.8. The molecule has 0 fully saturated rings. The highest BCUT2D eigenvalue weighted by Crippen LogP contribution is 2.40. The molecule has 1 aromatic heterocycles. The number of halogens is 1. The third kappa shape index (κ3) is 2.93. The lowest BCUT2D eigenvalue weighted by Crippen LogP contribution is -1.98. The summed E-state index contributed by atoms with van der Waals surface area (Å²) in [6, 6.07) is 17.8. The molecule has 0 aliphatic rings. The number of hydrogen-bond acceptors (Lipinski definition) is 1. The normalized spacial score (nSPS) is 12.7. The third-order valence-electron chi connectivity index (χ3n) is 3.97. The van der Waals surface area contributed by atoms with Gasteiger partial charge in [0.1, 0.15) is 0 Å². The van der Waals surface area contributed by atoms with Crippen LogP contribution in [0.25, 0.3) is 10.1 Å². The molecular weight excluding hydrogens is 340 g/mol. The van der Waals surface area contributed by atoms with Crippen LogP contribution in [0, 0.1) is 0 Å². The molecule has 21 heavy (non-hydrogen) atoms. The molecule has 1 heterocycles. The quantitative estimate of drug-likeness (QED) is 0.466. The van der Waals surface area contributed by atoms with Crippen LogP contribution in [-0.4, -0.2) is 0 Å². The number of thiophene rings is 1. The van der Waals surface area contributed by atoms with Crippen LogP contribution in [-0.2, 0) is 12.8 Å². The van der Waals surface area contributed by atoms with Crippen molar-refractivity contribution in [1.29, 1.82) is 0 Å². The Morgan fingerprint density at radius 2 is 1.81 bits per heavy atom. The van der Waals surface area contributed by atoms with Crippen molar-refractivity contribution in [1.82, 2.24) is 0 Å². The first-order valence-electron chi connectivity index (χ1n) is 7.47. The van der Waals surface area contributed by atoms with E-state index in [0.29, 0.717) is 0 Å². The summed E-state index contributed by atoms with van der Waals surface area (Å²) in [5.74, 6) is 0. The summed E-state index contributed by atoms with van der Waals surface area (Å²) in [7, 11) is 0. The second-order valence-electron chi connectivity index (χ2n) is 5.29. The molecule has 0 saturated carbocycles. The van der Waals surface area contributed by atoms with Crippen molar-refractivity contribution < 1.29 is 0 Å². The molecule has 2 aromatic carbocycles. The molecule has 108 valence electrons. The Bertz CT molecular complexity index is 724. The summed E-state index contributed by atoms with van der Waals surface area (Å²) in [6.07, 6.45) is 2.16. The molecule has 0 spiro atoms. The molecule has 0 aliphatic heterocycles. The number of benzene rings is 2. The zero-order valence-corrected chi connectivity index (χ0v) is 14.8. The highest BCUT2D eigenvalue weighted by molar-refractivity contribution is 9.09. The van der Waals surface area contributed by atoms with Gasteiger partial charge >= 0.3 is 0 Å². The van der Waals surface area contributed by atoms with Crippen LogP contribution in [0.5, 0.6) is 0 Å². The van der Waals surface area contributed by atoms with E-state index in [1.165, 1.54) is 31.7 Å². The fourth-order valence-corrected chi connectivity index (χ4v) is 4.60. The molecule has 0 nitrogen and oxygen atoms in total. The minimum Gasteiger partial charge on any atom is -0.139 e. The predicted molar refractivity (Wildman–Crippen MR) is 97.8 cm³/mol. The fraction of sp³-hybridized carbons (Fsp3) is 0.263. The fourth-order valence-electron chi connectivity index (χ4n) is 2.70. The van der Waals surface area contributed by atoms with Crippen molar-refractivity contribution in [2.45, 2.75) is 31.5 Å². The maximum atomic E-state index is 3.94. The van der Waals surface area contributed by atoms with Crippen LogP contribution in [0.4, 0.5) is 0 Å². The largest absolute Gasteiger partial charge is 0.139 e. The van der Waals surface area contributed by atoms with E-state index in [1.54, 1.807) is 0 Å². The molecule has 1 unspecified atom stereocenters. The Kier molecular flexibility index (Phi) is 4.46. The maximum absolute atomic E-state index is 3.94. The van der Waals surface area contributed by atoms with Crippen molar-refractivity contribution in [3.63, 3.8) is 0 Å². The lowest BCUT2D eigenvalue weighted by molar-refractivity contribution is 1.04. The van der Waals surface area contributed by atoms with Crippen LogP contribution in [0.2, 0.25) is 0 Å². The molecule has 0 saturated heterocycles. The van der Waals surface area contributed by atoms with Crippen molar-refractivity contribution in [2.75, 3.05) is 0 Å². The summed E-state index contributed by atoms with van der Waals surface area (Å²) >= 11 is 5.82. The second-order valence-corrected chi connectivity index (χ2v) is 7.32. The Hall–Kier alpha value is -1.12. The molecule has 2 heteroatoms. The van der Waals surface area contributed by atoms with Gasteiger partial charge in [0.05, 0.1) is 4.83 Å². The van der Waals surface area contributed by atoms with Gasteiger partial charge in [0.15, 0.2) is 0 Å². The number of aryl methyl sites for hydroxylation is 2. The highest BCUT2D eigenvalue weighted by Gasteiger charge is 2.16. The molecule has 1 atom stereocenters. The van der Waals surface area contributed by atoms with E-state index in [2.05, 4.69) is 78.3 Å². The first-order valence-corrected chi connectivity index (χ1v) is 9.20. The summed E-state index contributed by atoms with van der Waals surface area (Å²) in [5, 5.41) is 1.34. The van der Waals surface area contributed by atoms with Crippen LogP contribution < -0.4 is 0 Å². The molecule has 0 amide bonds. The number of hydrogen-bond donors (Lipinski definition) is 0. The van der Waals surface area contributed by atoms with Gasteiger partial charge < -0.3 is 0 Å². The van der Waals surface area contributed by atoms with E-state index in [9.17, 15) is 0 Å². The Morgan fingerprint density at radius 3 is 2.52 bits per heavy atom. The van der Waals surface area contributed by atoms with E-state index in [1.807, 2.05) is 11.3 Å². The van der Waals surface area contributed by atoms with Gasteiger partial charge in [-0.15, -0.1) is 11.3 Å². The molecule has 0 bridgehead atoms. The van der Waals surface area contributed by atoms with Gasteiger partial charge in [-0.25, -0.2) is 0 Å². The number of rotatable bonds is 4. The smallest absolute Gasteiger partial charge is 0.0741 e. The summed E-state index contributed by atoms with van der Waals surface area (Å²) in [6.45, 7) is 4.45.